The Hall–Kier alpha value is -1.79. The van der Waals surface area contributed by atoms with Crippen molar-refractivity contribution in [2.45, 2.75) is 33.6 Å². The Balaban J connectivity index is 0.00000729. The fourth-order valence-electron chi connectivity index (χ4n) is 2.77. The number of halogens is 1. The molecule has 156 valence electrons. The van der Waals surface area contributed by atoms with Crippen molar-refractivity contribution < 1.29 is 9.90 Å². The van der Waals surface area contributed by atoms with E-state index in [1.54, 1.807) is 24.3 Å². The number of terminal acetylenes is 1. The van der Waals surface area contributed by atoms with Gasteiger partial charge in [0.1, 0.15) is 6.54 Å². The number of guanidine groups is 1. The summed E-state index contributed by atoms with van der Waals surface area (Å²) in [5.74, 6) is 3.85. The van der Waals surface area contributed by atoms with Gasteiger partial charge in [-0.2, -0.15) is 0 Å². The van der Waals surface area contributed by atoms with Crippen molar-refractivity contribution in [2.24, 2.45) is 16.8 Å². The van der Waals surface area contributed by atoms with Crippen LogP contribution in [-0.4, -0.2) is 43.2 Å². The average molecular weight is 500 g/mol. The Kier molecular flexibility index (Phi) is 14.2. The van der Waals surface area contributed by atoms with E-state index in [4.69, 9.17) is 6.42 Å². The quantitative estimate of drug-likeness (QED) is 0.172. The average Bonchev–Trinajstić information content (AvgIpc) is 2.63. The zero-order valence-electron chi connectivity index (χ0n) is 17.0. The molecule has 1 aromatic carbocycles. The first-order chi connectivity index (χ1) is 13.0. The minimum Gasteiger partial charge on any atom is -0.396 e. The predicted octanol–water partition coefficient (Wildman–Crippen LogP) is 2.82. The van der Waals surface area contributed by atoms with Gasteiger partial charge in [-0.25, -0.2) is 4.99 Å². The molecule has 0 fully saturated rings. The van der Waals surface area contributed by atoms with E-state index in [0.29, 0.717) is 42.1 Å². The minimum absolute atomic E-state index is 0. The molecule has 0 bridgehead atoms. The number of carbonyl (C=O) groups excluding carboxylic acids is 1. The highest BCUT2D eigenvalue weighted by atomic mass is 127. The molecule has 1 atom stereocenters. The number of hydrogen-bond donors (Lipinski definition) is 4. The third kappa shape index (κ3) is 11.1. The highest BCUT2D eigenvalue weighted by molar-refractivity contribution is 14.0. The predicted molar refractivity (Wildman–Crippen MR) is 127 cm³/mol. The lowest BCUT2D eigenvalue weighted by Crippen LogP contribution is -2.40. The van der Waals surface area contributed by atoms with E-state index < -0.39 is 0 Å². The molecule has 4 N–H and O–H groups in total. The Morgan fingerprint density at radius 1 is 1.32 bits per heavy atom. The first-order valence-electron chi connectivity index (χ1n) is 9.48. The molecule has 1 aromatic rings. The number of aliphatic imine (C=N–C) groups is 1. The zero-order chi connectivity index (χ0) is 20.1. The summed E-state index contributed by atoms with van der Waals surface area (Å²) in [7, 11) is 0. The number of rotatable bonds is 10. The van der Waals surface area contributed by atoms with Crippen LogP contribution in [0, 0.1) is 24.2 Å². The topological polar surface area (TPSA) is 85.8 Å². The molecule has 1 rings (SSSR count). The van der Waals surface area contributed by atoms with Gasteiger partial charge in [-0.15, -0.1) is 30.4 Å². The van der Waals surface area contributed by atoms with Crippen LogP contribution in [0.15, 0.2) is 29.3 Å². The lowest BCUT2D eigenvalue weighted by atomic mass is 9.94. The molecule has 0 saturated heterocycles. The Morgan fingerprint density at radius 3 is 2.68 bits per heavy atom. The second-order valence-electron chi connectivity index (χ2n) is 6.86. The van der Waals surface area contributed by atoms with E-state index in [1.165, 1.54) is 0 Å². The minimum atomic E-state index is -0.213. The van der Waals surface area contributed by atoms with Gasteiger partial charge in [0.2, 0.25) is 5.91 Å². The number of anilines is 1. The molecular formula is C21H33IN4O2. The third-order valence-electron chi connectivity index (χ3n) is 3.94. The van der Waals surface area contributed by atoms with Crippen LogP contribution in [0.25, 0.3) is 0 Å². The van der Waals surface area contributed by atoms with Gasteiger partial charge in [-0.05, 0) is 49.8 Å². The van der Waals surface area contributed by atoms with Crippen molar-refractivity contribution >= 4 is 41.5 Å². The SMILES string of the molecule is C#Cc1cccc(NC(=O)CN=C(NCC)NCC(CCO)CC(C)C)c1.I. The van der Waals surface area contributed by atoms with Gasteiger partial charge in [0.05, 0.1) is 0 Å². The maximum Gasteiger partial charge on any atom is 0.246 e. The largest absolute Gasteiger partial charge is 0.396 e. The van der Waals surface area contributed by atoms with Gasteiger partial charge in [0, 0.05) is 30.9 Å². The first kappa shape index (κ1) is 26.2. The summed E-state index contributed by atoms with van der Waals surface area (Å²) in [5.41, 5.74) is 1.37. The van der Waals surface area contributed by atoms with Gasteiger partial charge >= 0.3 is 0 Å². The second-order valence-corrected chi connectivity index (χ2v) is 6.86. The molecule has 0 aliphatic rings. The lowest BCUT2D eigenvalue weighted by Gasteiger charge is -2.20. The highest BCUT2D eigenvalue weighted by Gasteiger charge is 2.11. The Morgan fingerprint density at radius 2 is 2.07 bits per heavy atom. The molecule has 0 aliphatic heterocycles. The second kappa shape index (κ2) is 15.2. The van der Waals surface area contributed by atoms with Gasteiger partial charge in [0.15, 0.2) is 5.96 Å². The molecular weight excluding hydrogens is 467 g/mol. The van der Waals surface area contributed by atoms with Gasteiger partial charge in [-0.1, -0.05) is 25.8 Å². The molecule has 0 aromatic heterocycles. The summed E-state index contributed by atoms with van der Waals surface area (Å²) in [5, 5.41) is 18.4. The summed E-state index contributed by atoms with van der Waals surface area (Å²) in [6.45, 7) is 7.90. The van der Waals surface area contributed by atoms with Crippen molar-refractivity contribution in [2.75, 3.05) is 31.6 Å². The van der Waals surface area contributed by atoms with Crippen molar-refractivity contribution in [1.82, 2.24) is 10.6 Å². The van der Waals surface area contributed by atoms with E-state index in [1.807, 2.05) is 6.92 Å². The summed E-state index contributed by atoms with van der Waals surface area (Å²) in [4.78, 5) is 16.5. The number of nitrogens with one attached hydrogen (secondary N) is 3. The van der Waals surface area contributed by atoms with Crippen LogP contribution >= 0.6 is 24.0 Å². The van der Waals surface area contributed by atoms with E-state index in [9.17, 15) is 9.90 Å². The van der Waals surface area contributed by atoms with Crippen LogP contribution in [0.4, 0.5) is 5.69 Å². The van der Waals surface area contributed by atoms with Crippen LogP contribution in [0.2, 0.25) is 0 Å². The van der Waals surface area contributed by atoms with Crippen molar-refractivity contribution in [3.63, 3.8) is 0 Å². The van der Waals surface area contributed by atoms with E-state index in [0.717, 1.165) is 12.8 Å². The van der Waals surface area contributed by atoms with Crippen LogP contribution in [0.3, 0.4) is 0 Å². The first-order valence-corrected chi connectivity index (χ1v) is 9.48. The van der Waals surface area contributed by atoms with Crippen LogP contribution in [0.1, 0.15) is 39.2 Å². The van der Waals surface area contributed by atoms with E-state index in [2.05, 4.69) is 40.7 Å². The van der Waals surface area contributed by atoms with Gasteiger partial charge in [-0.3, -0.25) is 4.79 Å². The lowest BCUT2D eigenvalue weighted by molar-refractivity contribution is -0.114. The van der Waals surface area contributed by atoms with Crippen molar-refractivity contribution in [1.29, 1.82) is 0 Å². The molecule has 28 heavy (non-hydrogen) atoms. The molecule has 1 amide bonds. The normalized spacial score (nSPS) is 11.9. The van der Waals surface area contributed by atoms with Gasteiger partial charge < -0.3 is 21.1 Å². The number of aliphatic hydroxyl groups excluding tert-OH is 1. The fraction of sp³-hybridized carbons (Fsp3) is 0.524. The maximum atomic E-state index is 12.1. The summed E-state index contributed by atoms with van der Waals surface area (Å²) in [6, 6.07) is 7.14. The van der Waals surface area contributed by atoms with Gasteiger partial charge in [0.25, 0.3) is 0 Å². The maximum absolute atomic E-state index is 12.1. The number of amides is 1. The van der Waals surface area contributed by atoms with E-state index in [-0.39, 0.29) is 43.0 Å². The van der Waals surface area contributed by atoms with E-state index >= 15 is 0 Å². The number of hydrogen-bond acceptors (Lipinski definition) is 3. The molecule has 7 heteroatoms. The van der Waals surface area contributed by atoms with Crippen LogP contribution in [0.5, 0.6) is 0 Å². The standard InChI is InChI=1S/C21H32N4O2.HI/c1-5-17-8-7-9-19(13-17)25-20(27)15-24-21(22-6-2)23-14-18(10-11-26)12-16(3)4;/h1,7-9,13,16,18,26H,6,10-12,14-15H2,2-4H3,(H,25,27)(H2,22,23,24);1H. The molecule has 1 unspecified atom stereocenters. The molecule has 0 saturated carbocycles. The fourth-order valence-corrected chi connectivity index (χ4v) is 2.77. The summed E-state index contributed by atoms with van der Waals surface area (Å²) in [6.07, 6.45) is 7.15. The zero-order valence-corrected chi connectivity index (χ0v) is 19.3. The van der Waals surface area contributed by atoms with Crippen molar-refractivity contribution in [3.8, 4) is 12.3 Å². The number of benzene rings is 1. The number of nitrogens with zero attached hydrogens (tertiary/aromatic N) is 1. The Labute approximate surface area is 186 Å². The smallest absolute Gasteiger partial charge is 0.246 e. The molecule has 0 spiro atoms. The highest BCUT2D eigenvalue weighted by Crippen LogP contribution is 2.14. The molecule has 0 radical (unpaired) electrons. The van der Waals surface area contributed by atoms with Crippen molar-refractivity contribution in [3.05, 3.63) is 29.8 Å². The number of carbonyl (C=O) groups is 1. The Bertz CT molecular complexity index is 656. The summed E-state index contributed by atoms with van der Waals surface area (Å²) >= 11 is 0. The number of aliphatic hydroxyl groups is 1. The molecule has 0 heterocycles. The van der Waals surface area contributed by atoms with Crippen LogP contribution < -0.4 is 16.0 Å². The van der Waals surface area contributed by atoms with Crippen LogP contribution in [-0.2, 0) is 4.79 Å². The molecule has 6 nitrogen and oxygen atoms in total. The molecule has 0 aliphatic carbocycles. The summed E-state index contributed by atoms with van der Waals surface area (Å²) < 4.78 is 0. The monoisotopic (exact) mass is 500 g/mol. The third-order valence-corrected chi connectivity index (χ3v) is 3.94.